The SMILES string of the molecule is CCCn1c(SCC(=O)Nc2ccc(C#N)cc2)nnc1-c1cccc(C)c1. The van der Waals surface area contributed by atoms with Gasteiger partial charge < -0.3 is 9.88 Å². The summed E-state index contributed by atoms with van der Waals surface area (Å²) in [5.41, 5.74) is 3.41. The third-order valence-corrected chi connectivity index (χ3v) is 5.04. The van der Waals surface area contributed by atoms with Gasteiger partial charge in [0.25, 0.3) is 0 Å². The van der Waals surface area contributed by atoms with Crippen LogP contribution in [0.25, 0.3) is 11.4 Å². The summed E-state index contributed by atoms with van der Waals surface area (Å²) in [6, 6.07) is 17.0. The second-order valence-corrected chi connectivity index (χ2v) is 7.30. The number of rotatable bonds is 7. The molecule has 28 heavy (non-hydrogen) atoms. The van der Waals surface area contributed by atoms with Crippen LogP contribution in [0.4, 0.5) is 5.69 Å². The third-order valence-electron chi connectivity index (χ3n) is 4.07. The zero-order valence-corrected chi connectivity index (χ0v) is 16.7. The smallest absolute Gasteiger partial charge is 0.234 e. The Morgan fingerprint density at radius 3 is 2.68 bits per heavy atom. The number of anilines is 1. The Morgan fingerprint density at radius 2 is 2.00 bits per heavy atom. The van der Waals surface area contributed by atoms with Gasteiger partial charge in [0.15, 0.2) is 11.0 Å². The van der Waals surface area contributed by atoms with Gasteiger partial charge in [0.1, 0.15) is 0 Å². The number of nitrogens with zero attached hydrogens (tertiary/aromatic N) is 4. The monoisotopic (exact) mass is 391 g/mol. The van der Waals surface area contributed by atoms with Gasteiger partial charge in [-0.15, -0.1) is 10.2 Å². The second kappa shape index (κ2) is 9.20. The fourth-order valence-corrected chi connectivity index (χ4v) is 3.54. The number of thioether (sulfide) groups is 1. The van der Waals surface area contributed by atoms with Crippen LogP contribution in [0.3, 0.4) is 0 Å². The van der Waals surface area contributed by atoms with Crippen molar-refractivity contribution in [3.63, 3.8) is 0 Å². The largest absolute Gasteiger partial charge is 0.325 e. The topological polar surface area (TPSA) is 83.6 Å². The average molecular weight is 392 g/mol. The van der Waals surface area contributed by atoms with Crippen molar-refractivity contribution in [2.75, 3.05) is 11.1 Å². The van der Waals surface area contributed by atoms with E-state index in [4.69, 9.17) is 5.26 Å². The van der Waals surface area contributed by atoms with Crippen LogP contribution in [-0.4, -0.2) is 26.4 Å². The van der Waals surface area contributed by atoms with Crippen LogP contribution in [0.5, 0.6) is 0 Å². The zero-order chi connectivity index (χ0) is 19.9. The zero-order valence-electron chi connectivity index (χ0n) is 15.8. The number of aryl methyl sites for hydroxylation is 1. The maximum Gasteiger partial charge on any atom is 0.234 e. The van der Waals surface area contributed by atoms with Crippen LogP contribution in [0, 0.1) is 18.3 Å². The summed E-state index contributed by atoms with van der Waals surface area (Å²) in [4.78, 5) is 12.3. The van der Waals surface area contributed by atoms with E-state index in [0.29, 0.717) is 11.3 Å². The highest BCUT2D eigenvalue weighted by Crippen LogP contribution is 2.25. The molecule has 2 aromatic carbocycles. The fourth-order valence-electron chi connectivity index (χ4n) is 2.77. The van der Waals surface area contributed by atoms with Crippen LogP contribution < -0.4 is 5.32 Å². The van der Waals surface area contributed by atoms with Crippen LogP contribution in [0.1, 0.15) is 24.5 Å². The summed E-state index contributed by atoms with van der Waals surface area (Å²) in [6.07, 6.45) is 0.946. The lowest BCUT2D eigenvalue weighted by Gasteiger charge is -2.09. The molecule has 0 radical (unpaired) electrons. The summed E-state index contributed by atoms with van der Waals surface area (Å²) in [5.74, 6) is 0.925. The number of amides is 1. The Morgan fingerprint density at radius 1 is 1.21 bits per heavy atom. The molecule has 7 heteroatoms. The molecule has 3 aromatic rings. The lowest BCUT2D eigenvalue weighted by Crippen LogP contribution is -2.14. The molecule has 0 aliphatic rings. The van der Waals surface area contributed by atoms with Crippen LogP contribution in [0.2, 0.25) is 0 Å². The van der Waals surface area contributed by atoms with Crippen LogP contribution in [-0.2, 0) is 11.3 Å². The van der Waals surface area contributed by atoms with Crippen molar-refractivity contribution in [1.82, 2.24) is 14.8 Å². The van der Waals surface area contributed by atoms with E-state index < -0.39 is 0 Å². The van der Waals surface area contributed by atoms with E-state index in [1.54, 1.807) is 24.3 Å². The van der Waals surface area contributed by atoms with Crippen molar-refractivity contribution < 1.29 is 4.79 Å². The van der Waals surface area contributed by atoms with Gasteiger partial charge in [0, 0.05) is 17.8 Å². The van der Waals surface area contributed by atoms with Crippen molar-refractivity contribution in [3.8, 4) is 17.5 Å². The number of carbonyl (C=O) groups is 1. The molecular weight excluding hydrogens is 370 g/mol. The first-order valence-electron chi connectivity index (χ1n) is 9.03. The Hall–Kier alpha value is -3.11. The molecule has 0 aliphatic carbocycles. The molecule has 0 saturated carbocycles. The first-order valence-corrected chi connectivity index (χ1v) is 10.0. The van der Waals surface area contributed by atoms with E-state index in [0.717, 1.165) is 29.5 Å². The molecule has 1 amide bonds. The number of hydrogen-bond acceptors (Lipinski definition) is 5. The van der Waals surface area contributed by atoms with Crippen LogP contribution in [0.15, 0.2) is 53.7 Å². The van der Waals surface area contributed by atoms with Crippen molar-refractivity contribution >= 4 is 23.4 Å². The van der Waals surface area contributed by atoms with E-state index in [9.17, 15) is 4.79 Å². The molecule has 0 fully saturated rings. The fraction of sp³-hybridized carbons (Fsp3) is 0.238. The second-order valence-electron chi connectivity index (χ2n) is 6.35. The lowest BCUT2D eigenvalue weighted by molar-refractivity contribution is -0.113. The Labute approximate surface area is 168 Å². The summed E-state index contributed by atoms with van der Waals surface area (Å²) in [6.45, 7) is 4.94. The molecule has 1 N–H and O–H groups in total. The minimum atomic E-state index is -0.127. The minimum Gasteiger partial charge on any atom is -0.325 e. The van der Waals surface area contributed by atoms with Crippen molar-refractivity contribution in [3.05, 3.63) is 59.7 Å². The van der Waals surface area contributed by atoms with Crippen molar-refractivity contribution in [2.45, 2.75) is 32.0 Å². The highest BCUT2D eigenvalue weighted by molar-refractivity contribution is 7.99. The first kappa shape index (κ1) is 19.6. The summed E-state index contributed by atoms with van der Waals surface area (Å²) in [5, 5.41) is 21.1. The van der Waals surface area contributed by atoms with Gasteiger partial charge in [-0.25, -0.2) is 0 Å². The third kappa shape index (κ3) is 4.78. The highest BCUT2D eigenvalue weighted by Gasteiger charge is 2.15. The van der Waals surface area contributed by atoms with E-state index >= 15 is 0 Å². The number of aromatic nitrogens is 3. The molecule has 0 aliphatic heterocycles. The minimum absolute atomic E-state index is 0.127. The predicted octanol–water partition coefficient (Wildman–Crippen LogP) is 4.27. The molecule has 0 atom stereocenters. The normalized spacial score (nSPS) is 10.5. The van der Waals surface area contributed by atoms with Gasteiger partial charge in [-0.2, -0.15) is 5.26 Å². The highest BCUT2D eigenvalue weighted by atomic mass is 32.2. The summed E-state index contributed by atoms with van der Waals surface area (Å²) >= 11 is 1.37. The average Bonchev–Trinajstić information content (AvgIpc) is 3.10. The van der Waals surface area contributed by atoms with E-state index in [2.05, 4.69) is 39.1 Å². The molecule has 0 saturated heterocycles. The quantitative estimate of drug-likeness (QED) is 0.608. The number of carbonyl (C=O) groups excluding carboxylic acids is 1. The van der Waals surface area contributed by atoms with Gasteiger partial charge in [-0.3, -0.25) is 4.79 Å². The Kier molecular flexibility index (Phi) is 6.45. The van der Waals surface area contributed by atoms with E-state index in [1.165, 1.54) is 17.3 Å². The molecule has 6 nitrogen and oxygen atoms in total. The first-order chi connectivity index (χ1) is 13.6. The standard InChI is InChI=1S/C21H21N5OS/c1-3-11-26-20(17-6-4-5-15(2)12-17)24-25-21(26)28-14-19(27)23-18-9-7-16(13-22)8-10-18/h4-10,12H,3,11,14H2,1-2H3,(H,23,27). The number of benzene rings is 2. The maximum absolute atomic E-state index is 12.3. The van der Waals surface area contributed by atoms with Crippen molar-refractivity contribution in [1.29, 1.82) is 5.26 Å². The molecule has 3 rings (SSSR count). The molecule has 0 bridgehead atoms. The number of hydrogen-bond donors (Lipinski definition) is 1. The predicted molar refractivity (Wildman–Crippen MR) is 111 cm³/mol. The number of nitrogens with one attached hydrogen (secondary N) is 1. The van der Waals surface area contributed by atoms with Gasteiger partial charge in [0.2, 0.25) is 5.91 Å². The molecule has 1 heterocycles. The van der Waals surface area contributed by atoms with E-state index in [1.807, 2.05) is 25.1 Å². The lowest BCUT2D eigenvalue weighted by atomic mass is 10.1. The summed E-state index contributed by atoms with van der Waals surface area (Å²) < 4.78 is 2.06. The van der Waals surface area contributed by atoms with E-state index in [-0.39, 0.29) is 11.7 Å². The van der Waals surface area contributed by atoms with Gasteiger partial charge in [-0.05, 0) is 43.7 Å². The van der Waals surface area contributed by atoms with Gasteiger partial charge in [0.05, 0.1) is 17.4 Å². The molecular formula is C21H21N5OS. The molecule has 0 spiro atoms. The maximum atomic E-state index is 12.3. The molecule has 142 valence electrons. The Bertz CT molecular complexity index is 1000. The Balaban J connectivity index is 1.69. The van der Waals surface area contributed by atoms with Crippen LogP contribution >= 0.6 is 11.8 Å². The van der Waals surface area contributed by atoms with Gasteiger partial charge in [-0.1, -0.05) is 42.4 Å². The molecule has 0 unspecified atom stereocenters. The van der Waals surface area contributed by atoms with Gasteiger partial charge >= 0.3 is 0 Å². The van der Waals surface area contributed by atoms with Crippen molar-refractivity contribution in [2.24, 2.45) is 0 Å². The summed E-state index contributed by atoms with van der Waals surface area (Å²) in [7, 11) is 0. The number of nitriles is 1. The molecule has 1 aromatic heterocycles.